The molecule has 0 saturated heterocycles. The van der Waals surface area contributed by atoms with Crippen LogP contribution in [0.5, 0.6) is 0 Å². The number of furan rings is 1. The number of nitrogens with zero attached hydrogens (tertiary/aromatic N) is 2. The van der Waals surface area contributed by atoms with E-state index >= 15 is 0 Å². The van der Waals surface area contributed by atoms with Crippen LogP contribution in [-0.4, -0.2) is 28.2 Å². The fraction of sp³-hybridized carbons (Fsp3) is 0.286. The maximum Gasteiger partial charge on any atom is 0.293 e. The van der Waals surface area contributed by atoms with Gasteiger partial charge >= 0.3 is 0 Å². The summed E-state index contributed by atoms with van der Waals surface area (Å²) in [6, 6.07) is 13.2. The minimum atomic E-state index is -0.320. The third-order valence-corrected chi connectivity index (χ3v) is 5.91. The highest BCUT2D eigenvalue weighted by Gasteiger charge is 2.29. The van der Waals surface area contributed by atoms with Gasteiger partial charge in [0.15, 0.2) is 10.9 Å². The number of hydrogen-bond donors (Lipinski definition) is 1. The largest absolute Gasteiger partial charge is 0.459 e. The number of fused-ring (bicyclic) bond motifs is 1. The molecular weight excluding hydrogens is 374 g/mol. The molecule has 6 nitrogen and oxygen atoms in total. The van der Waals surface area contributed by atoms with E-state index < -0.39 is 0 Å². The molecule has 3 heterocycles. The summed E-state index contributed by atoms with van der Waals surface area (Å²) in [7, 11) is 0. The third kappa shape index (κ3) is 3.71. The number of rotatable bonds is 5. The number of hydrogen-bond acceptors (Lipinski definition) is 5. The molecule has 0 fully saturated rings. The number of carbonyl (C=O) groups excluding carboxylic acids is 2. The molecule has 1 atom stereocenters. The van der Waals surface area contributed by atoms with Gasteiger partial charge < -0.3 is 9.32 Å². The highest BCUT2D eigenvalue weighted by molar-refractivity contribution is 7.15. The summed E-state index contributed by atoms with van der Waals surface area (Å²) in [4.78, 5) is 32.7. The molecule has 144 valence electrons. The summed E-state index contributed by atoms with van der Waals surface area (Å²) in [5, 5.41) is 3.31. The zero-order chi connectivity index (χ0) is 19.5. The molecule has 1 N–H and O–H groups in total. The topological polar surface area (TPSA) is 75.4 Å². The summed E-state index contributed by atoms with van der Waals surface area (Å²) in [5.41, 5.74) is 2.01. The summed E-state index contributed by atoms with van der Waals surface area (Å²) >= 11 is 1.42. The minimum absolute atomic E-state index is 0.131. The number of amides is 2. The van der Waals surface area contributed by atoms with Crippen LogP contribution in [0.1, 0.15) is 46.0 Å². The molecule has 1 unspecified atom stereocenters. The minimum Gasteiger partial charge on any atom is -0.459 e. The van der Waals surface area contributed by atoms with Crippen LogP contribution in [0.4, 0.5) is 5.13 Å². The Labute approximate surface area is 167 Å². The van der Waals surface area contributed by atoms with E-state index in [-0.39, 0.29) is 23.5 Å². The smallest absolute Gasteiger partial charge is 0.293 e. The highest BCUT2D eigenvalue weighted by Crippen LogP contribution is 2.31. The van der Waals surface area contributed by atoms with Gasteiger partial charge in [0.25, 0.3) is 5.91 Å². The Balaban J connectivity index is 1.46. The second-order valence-electron chi connectivity index (χ2n) is 6.70. The fourth-order valence-electron chi connectivity index (χ4n) is 3.46. The lowest BCUT2D eigenvalue weighted by Gasteiger charge is -2.29. The lowest BCUT2D eigenvalue weighted by Crippen LogP contribution is -2.38. The standard InChI is InChI=1S/C21H21N3O3S/c1-2-15(14-7-4-3-5-8-14)20(26)24-11-10-16-18(13-24)28-21(22-16)23-19(25)17-9-6-12-27-17/h3-9,12,15H,2,10-11,13H2,1H3,(H,22,23,25). The van der Waals surface area contributed by atoms with E-state index in [4.69, 9.17) is 4.42 Å². The molecule has 0 radical (unpaired) electrons. The van der Waals surface area contributed by atoms with Crippen LogP contribution >= 0.6 is 11.3 Å². The molecule has 1 aromatic carbocycles. The van der Waals surface area contributed by atoms with Gasteiger partial charge in [-0.05, 0) is 24.1 Å². The molecule has 0 bridgehead atoms. The van der Waals surface area contributed by atoms with Crippen LogP contribution in [0, 0.1) is 0 Å². The Hall–Kier alpha value is -2.93. The van der Waals surface area contributed by atoms with E-state index in [2.05, 4.69) is 10.3 Å². The molecule has 4 rings (SSSR count). The maximum absolute atomic E-state index is 13.1. The number of aromatic nitrogens is 1. The molecule has 1 aliphatic heterocycles. The summed E-state index contributed by atoms with van der Waals surface area (Å²) in [6.07, 6.45) is 2.92. The molecule has 0 aliphatic carbocycles. The predicted molar refractivity (Wildman–Crippen MR) is 107 cm³/mol. The van der Waals surface area contributed by atoms with E-state index in [1.807, 2.05) is 42.2 Å². The molecular formula is C21H21N3O3S. The molecule has 7 heteroatoms. The summed E-state index contributed by atoms with van der Waals surface area (Å²) in [6.45, 7) is 3.22. The summed E-state index contributed by atoms with van der Waals surface area (Å²) < 4.78 is 5.11. The van der Waals surface area contributed by atoms with Crippen molar-refractivity contribution >= 4 is 28.3 Å². The van der Waals surface area contributed by atoms with Gasteiger partial charge in [-0.25, -0.2) is 4.98 Å². The van der Waals surface area contributed by atoms with Gasteiger partial charge in [-0.3, -0.25) is 14.9 Å². The van der Waals surface area contributed by atoms with E-state index in [0.29, 0.717) is 24.6 Å². The Morgan fingerprint density at radius 2 is 2.07 bits per heavy atom. The normalized spacial score (nSPS) is 14.4. The molecule has 1 aliphatic rings. The predicted octanol–water partition coefficient (Wildman–Crippen LogP) is 4.07. The first-order valence-electron chi connectivity index (χ1n) is 9.33. The first kappa shape index (κ1) is 18.4. The van der Waals surface area contributed by atoms with Crippen molar-refractivity contribution in [3.63, 3.8) is 0 Å². The third-order valence-electron chi connectivity index (χ3n) is 4.92. The Bertz CT molecular complexity index is 966. The SMILES string of the molecule is CCC(C(=O)N1CCc2nc(NC(=O)c3ccco3)sc2C1)c1ccccc1. The Morgan fingerprint density at radius 3 is 2.79 bits per heavy atom. The monoisotopic (exact) mass is 395 g/mol. The van der Waals surface area contributed by atoms with Crippen molar-refractivity contribution in [1.82, 2.24) is 9.88 Å². The van der Waals surface area contributed by atoms with Gasteiger partial charge in [-0.15, -0.1) is 0 Å². The Kier molecular flexibility index (Phi) is 5.25. The molecule has 2 amide bonds. The maximum atomic E-state index is 13.1. The van der Waals surface area contributed by atoms with Crippen LogP contribution in [-0.2, 0) is 17.8 Å². The Morgan fingerprint density at radius 1 is 1.25 bits per heavy atom. The number of anilines is 1. The van der Waals surface area contributed by atoms with E-state index in [1.54, 1.807) is 12.1 Å². The quantitative estimate of drug-likeness (QED) is 0.707. The van der Waals surface area contributed by atoms with E-state index in [1.165, 1.54) is 17.6 Å². The average Bonchev–Trinajstić information content (AvgIpc) is 3.38. The number of carbonyl (C=O) groups is 2. The van der Waals surface area contributed by atoms with Crippen molar-refractivity contribution < 1.29 is 14.0 Å². The highest BCUT2D eigenvalue weighted by atomic mass is 32.1. The van der Waals surface area contributed by atoms with Gasteiger partial charge in [0.1, 0.15) is 0 Å². The van der Waals surface area contributed by atoms with E-state index in [9.17, 15) is 9.59 Å². The molecule has 0 saturated carbocycles. The van der Waals surface area contributed by atoms with Crippen molar-refractivity contribution in [1.29, 1.82) is 0 Å². The second-order valence-corrected chi connectivity index (χ2v) is 7.79. The van der Waals surface area contributed by atoms with Gasteiger partial charge in [0.2, 0.25) is 5.91 Å². The first-order chi connectivity index (χ1) is 13.7. The van der Waals surface area contributed by atoms with Gasteiger partial charge in [-0.1, -0.05) is 48.6 Å². The van der Waals surface area contributed by atoms with Crippen molar-refractivity contribution in [2.75, 3.05) is 11.9 Å². The van der Waals surface area contributed by atoms with Gasteiger partial charge in [0.05, 0.1) is 24.4 Å². The van der Waals surface area contributed by atoms with E-state index in [0.717, 1.165) is 22.6 Å². The molecule has 0 spiro atoms. The van der Waals surface area contributed by atoms with Gasteiger partial charge in [0, 0.05) is 17.8 Å². The second kappa shape index (κ2) is 7.98. The number of thiazole rings is 1. The number of benzene rings is 1. The zero-order valence-corrected chi connectivity index (χ0v) is 16.4. The van der Waals surface area contributed by atoms with Crippen LogP contribution in [0.2, 0.25) is 0 Å². The lowest BCUT2D eigenvalue weighted by atomic mass is 9.94. The lowest BCUT2D eigenvalue weighted by molar-refractivity contribution is -0.133. The van der Waals surface area contributed by atoms with Crippen molar-refractivity contribution in [3.8, 4) is 0 Å². The molecule has 2 aromatic heterocycles. The van der Waals surface area contributed by atoms with Crippen LogP contribution in [0.3, 0.4) is 0 Å². The van der Waals surface area contributed by atoms with Crippen molar-refractivity contribution in [2.24, 2.45) is 0 Å². The van der Waals surface area contributed by atoms with Crippen molar-refractivity contribution in [3.05, 3.63) is 70.6 Å². The van der Waals surface area contributed by atoms with Crippen LogP contribution < -0.4 is 5.32 Å². The molecule has 3 aromatic rings. The van der Waals surface area contributed by atoms with Crippen LogP contribution in [0.15, 0.2) is 53.1 Å². The first-order valence-corrected chi connectivity index (χ1v) is 10.1. The zero-order valence-electron chi connectivity index (χ0n) is 15.6. The van der Waals surface area contributed by atoms with Crippen molar-refractivity contribution in [2.45, 2.75) is 32.2 Å². The summed E-state index contributed by atoms with van der Waals surface area (Å²) in [5.74, 6) is -0.0551. The molecule has 28 heavy (non-hydrogen) atoms. The van der Waals surface area contributed by atoms with Crippen LogP contribution in [0.25, 0.3) is 0 Å². The number of nitrogens with one attached hydrogen (secondary N) is 1. The average molecular weight is 395 g/mol. The van der Waals surface area contributed by atoms with Gasteiger partial charge in [-0.2, -0.15) is 0 Å². The fourth-order valence-corrected chi connectivity index (χ4v) is 4.48.